The summed E-state index contributed by atoms with van der Waals surface area (Å²) in [5, 5.41) is 0. The van der Waals surface area contributed by atoms with Crippen LogP contribution in [0.25, 0.3) is 6.08 Å². The predicted octanol–water partition coefficient (Wildman–Crippen LogP) is 6.43. The highest BCUT2D eigenvalue weighted by atomic mass is 31.2. The summed E-state index contributed by atoms with van der Waals surface area (Å²) < 4.78 is 36.9. The molecule has 0 amide bonds. The van der Waals surface area contributed by atoms with Gasteiger partial charge in [-0.05, 0) is 47.4 Å². The lowest BCUT2D eigenvalue weighted by Gasteiger charge is -2.25. The number of benzene rings is 1. The number of hydrogen-bond donors (Lipinski definition) is 0. The van der Waals surface area contributed by atoms with E-state index in [0.717, 1.165) is 22.8 Å². The van der Waals surface area contributed by atoms with E-state index in [9.17, 15) is 13.8 Å². The Morgan fingerprint density at radius 2 is 1.43 bits per heavy atom. The topological polar surface area (TPSA) is 52.6 Å². The lowest BCUT2D eigenvalue weighted by Crippen LogP contribution is -2.17. The molecule has 0 saturated heterocycles. The van der Waals surface area contributed by atoms with Crippen LogP contribution in [-0.2, 0) is 29.2 Å². The Kier molecular flexibility index (Phi) is 8.37. The van der Waals surface area contributed by atoms with Gasteiger partial charge in [0.2, 0.25) is 5.78 Å². The zero-order chi connectivity index (χ0) is 21.8. The van der Waals surface area contributed by atoms with Crippen molar-refractivity contribution in [2.45, 2.75) is 72.1 Å². The molecule has 0 bridgehead atoms. The van der Waals surface area contributed by atoms with Gasteiger partial charge in [-0.15, -0.1) is 0 Å². The highest BCUT2D eigenvalue weighted by molar-refractivity contribution is 7.55. The van der Waals surface area contributed by atoms with Crippen LogP contribution in [0.2, 0.25) is 0 Å². The molecule has 1 unspecified atom stereocenters. The maximum absolute atomic E-state index is 14.5. The fourth-order valence-electron chi connectivity index (χ4n) is 2.56. The predicted molar refractivity (Wildman–Crippen MR) is 114 cm³/mol. The molecule has 1 aromatic rings. The number of carbonyl (C=O) groups is 1. The Morgan fingerprint density at radius 1 is 1.00 bits per heavy atom. The molecule has 0 fully saturated rings. The largest absolute Gasteiger partial charge is 0.372 e. The summed E-state index contributed by atoms with van der Waals surface area (Å²) in [5.74, 6) is -3.26. The number of hydrogen-bond acceptors (Lipinski definition) is 4. The van der Waals surface area contributed by atoms with E-state index in [1.807, 2.05) is 12.1 Å². The zero-order valence-electron chi connectivity index (χ0n) is 18.3. The van der Waals surface area contributed by atoms with Gasteiger partial charge in [0.25, 0.3) is 5.91 Å². The van der Waals surface area contributed by atoms with Gasteiger partial charge in [-0.25, -0.2) is 4.39 Å². The van der Waals surface area contributed by atoms with E-state index in [0.29, 0.717) is 0 Å². The molecule has 0 aromatic heterocycles. The van der Waals surface area contributed by atoms with Crippen LogP contribution in [0, 0.1) is 0 Å². The first kappa shape index (κ1) is 24.7. The van der Waals surface area contributed by atoms with Crippen LogP contribution in [-0.4, -0.2) is 24.9 Å². The molecule has 1 aromatic carbocycles. The highest BCUT2D eigenvalue weighted by Gasteiger charge is 2.40. The second-order valence-corrected chi connectivity index (χ2v) is 10.8. The normalized spacial score (nSPS) is 14.5. The summed E-state index contributed by atoms with van der Waals surface area (Å²) in [6, 6.07) is 6.13. The maximum Gasteiger partial charge on any atom is 0.372 e. The minimum absolute atomic E-state index is 0.00272. The van der Waals surface area contributed by atoms with Gasteiger partial charge >= 0.3 is 7.60 Å². The number of alkyl halides is 1. The Balaban J connectivity index is 3.23. The summed E-state index contributed by atoms with van der Waals surface area (Å²) in [6.07, 6.45) is 2.67. The third-order valence-electron chi connectivity index (χ3n) is 4.26. The molecule has 0 heterocycles. The Bertz CT molecular complexity index is 715. The van der Waals surface area contributed by atoms with Crippen LogP contribution in [0.15, 0.2) is 24.3 Å². The van der Waals surface area contributed by atoms with Crippen molar-refractivity contribution in [2.24, 2.45) is 0 Å². The number of rotatable bonds is 8. The third-order valence-corrected chi connectivity index (χ3v) is 6.30. The van der Waals surface area contributed by atoms with Gasteiger partial charge in [0.1, 0.15) is 0 Å². The summed E-state index contributed by atoms with van der Waals surface area (Å²) in [6.45, 7) is 15.8. The van der Waals surface area contributed by atoms with Crippen molar-refractivity contribution in [3.63, 3.8) is 0 Å². The molecule has 0 spiro atoms. The SMILES string of the molecule is CCOP(=O)(OCC)C(F)C(=O)/C=C/c1cc(C(C)(C)C)cc(C(C)(C)C)c1. The summed E-state index contributed by atoms with van der Waals surface area (Å²) in [4.78, 5) is 12.3. The first-order valence-electron chi connectivity index (χ1n) is 9.65. The van der Waals surface area contributed by atoms with Crippen molar-refractivity contribution < 1.29 is 22.8 Å². The van der Waals surface area contributed by atoms with Crippen LogP contribution >= 0.6 is 7.60 Å². The zero-order valence-corrected chi connectivity index (χ0v) is 19.2. The van der Waals surface area contributed by atoms with E-state index in [1.165, 1.54) is 0 Å². The molecule has 1 atom stereocenters. The lowest BCUT2D eigenvalue weighted by molar-refractivity contribution is -0.117. The maximum atomic E-state index is 14.5. The first-order chi connectivity index (χ1) is 12.7. The Morgan fingerprint density at radius 3 is 1.79 bits per heavy atom. The van der Waals surface area contributed by atoms with Crippen molar-refractivity contribution in [1.82, 2.24) is 0 Å². The fraction of sp³-hybridized carbons (Fsp3) is 0.591. The van der Waals surface area contributed by atoms with Crippen molar-refractivity contribution >= 4 is 19.5 Å². The van der Waals surface area contributed by atoms with Crippen molar-refractivity contribution in [1.29, 1.82) is 0 Å². The van der Waals surface area contributed by atoms with Gasteiger partial charge in [-0.2, -0.15) is 0 Å². The number of carbonyl (C=O) groups excluding carboxylic acids is 1. The second kappa shape index (κ2) is 9.47. The lowest BCUT2D eigenvalue weighted by atomic mass is 9.79. The molecule has 0 N–H and O–H groups in total. The molecule has 28 heavy (non-hydrogen) atoms. The molecule has 6 heteroatoms. The molecular formula is C22H34FO4P. The molecule has 0 aliphatic rings. The smallest absolute Gasteiger partial charge is 0.307 e. The van der Waals surface area contributed by atoms with E-state index in [4.69, 9.17) is 9.05 Å². The number of ketones is 1. The van der Waals surface area contributed by atoms with E-state index in [2.05, 4.69) is 47.6 Å². The highest BCUT2D eigenvalue weighted by Crippen LogP contribution is 2.54. The van der Waals surface area contributed by atoms with E-state index in [1.54, 1.807) is 19.9 Å². The summed E-state index contributed by atoms with van der Waals surface area (Å²) in [5.41, 5.74) is 2.89. The standard InChI is InChI=1S/C22H34FO4P/c1-9-26-28(25,27-10-2)20(23)19(24)12-11-16-13-17(21(3,4)5)15-18(14-16)22(6,7)8/h11-15,20H,9-10H2,1-8H3/b12-11+. The third kappa shape index (κ3) is 6.65. The minimum atomic E-state index is -4.13. The molecule has 4 nitrogen and oxygen atoms in total. The van der Waals surface area contributed by atoms with Crippen LogP contribution in [0.3, 0.4) is 0 Å². The monoisotopic (exact) mass is 412 g/mol. The summed E-state index contributed by atoms with van der Waals surface area (Å²) in [7, 11) is -4.13. The van der Waals surface area contributed by atoms with Gasteiger partial charge in [0.15, 0.2) is 0 Å². The minimum Gasteiger partial charge on any atom is -0.307 e. The van der Waals surface area contributed by atoms with E-state index in [-0.39, 0.29) is 24.0 Å². The molecule has 0 saturated carbocycles. The molecule has 0 aliphatic heterocycles. The van der Waals surface area contributed by atoms with Gasteiger partial charge in [-0.1, -0.05) is 65.8 Å². The average molecular weight is 412 g/mol. The fourth-order valence-corrected chi connectivity index (χ4v) is 4.01. The van der Waals surface area contributed by atoms with Crippen molar-refractivity contribution in [2.75, 3.05) is 13.2 Å². The Hall–Kier alpha value is -1.29. The van der Waals surface area contributed by atoms with Crippen molar-refractivity contribution in [3.05, 3.63) is 41.0 Å². The van der Waals surface area contributed by atoms with Gasteiger partial charge in [0.05, 0.1) is 13.2 Å². The van der Waals surface area contributed by atoms with Crippen LogP contribution < -0.4 is 0 Å². The van der Waals surface area contributed by atoms with E-state index >= 15 is 0 Å². The first-order valence-corrected chi connectivity index (χ1v) is 11.3. The van der Waals surface area contributed by atoms with E-state index < -0.39 is 19.3 Å². The molecule has 0 aliphatic carbocycles. The molecule has 158 valence electrons. The number of halogens is 1. The second-order valence-electron chi connectivity index (χ2n) is 8.79. The molecular weight excluding hydrogens is 378 g/mol. The van der Waals surface area contributed by atoms with Gasteiger partial charge in [0, 0.05) is 0 Å². The average Bonchev–Trinajstić information content (AvgIpc) is 2.57. The summed E-state index contributed by atoms with van der Waals surface area (Å²) >= 11 is 0. The van der Waals surface area contributed by atoms with Crippen LogP contribution in [0.1, 0.15) is 72.1 Å². The van der Waals surface area contributed by atoms with Crippen LogP contribution in [0.4, 0.5) is 4.39 Å². The van der Waals surface area contributed by atoms with Gasteiger partial charge < -0.3 is 9.05 Å². The molecule has 0 radical (unpaired) electrons. The van der Waals surface area contributed by atoms with Crippen LogP contribution in [0.5, 0.6) is 0 Å². The van der Waals surface area contributed by atoms with Gasteiger partial charge in [-0.3, -0.25) is 9.36 Å². The number of allylic oxidation sites excluding steroid dienone is 1. The van der Waals surface area contributed by atoms with Crippen molar-refractivity contribution in [3.8, 4) is 0 Å². The Labute approximate surface area is 169 Å². The quantitative estimate of drug-likeness (QED) is 0.365. The molecule has 1 rings (SSSR count).